The van der Waals surface area contributed by atoms with Gasteiger partial charge in [-0.3, -0.25) is 4.79 Å². The van der Waals surface area contributed by atoms with Crippen LogP contribution in [0.4, 0.5) is 0 Å². The number of rotatable bonds is 4. The fraction of sp³-hybridized carbons (Fsp3) is 0.412. The standard InChI is InChI=1S/C17H19N5O2/c1-10(2)15-19-13-6-4-3-5-12(13)16-20-21(17(24)22(15)16)9-14(23)18-11-7-8-11/h3-6,10-11H,7-9H2,1-2H3,(H,18,23). The Kier molecular flexibility index (Phi) is 3.37. The Morgan fingerprint density at radius 2 is 2.08 bits per heavy atom. The van der Waals surface area contributed by atoms with Crippen LogP contribution in [0.2, 0.25) is 0 Å². The van der Waals surface area contributed by atoms with E-state index >= 15 is 0 Å². The minimum Gasteiger partial charge on any atom is -0.352 e. The van der Waals surface area contributed by atoms with Crippen molar-refractivity contribution in [1.29, 1.82) is 0 Å². The summed E-state index contributed by atoms with van der Waals surface area (Å²) in [6, 6.07) is 7.86. The lowest BCUT2D eigenvalue weighted by Crippen LogP contribution is -2.34. The van der Waals surface area contributed by atoms with Crippen molar-refractivity contribution in [3.63, 3.8) is 0 Å². The molecule has 1 aliphatic carbocycles. The number of aromatic nitrogens is 4. The first kappa shape index (κ1) is 14.9. The highest BCUT2D eigenvalue weighted by Gasteiger charge is 2.24. The molecule has 7 heteroatoms. The molecule has 1 N–H and O–H groups in total. The van der Waals surface area contributed by atoms with Crippen LogP contribution in [0.15, 0.2) is 29.1 Å². The van der Waals surface area contributed by atoms with E-state index in [4.69, 9.17) is 0 Å². The van der Waals surface area contributed by atoms with E-state index in [2.05, 4.69) is 15.4 Å². The quantitative estimate of drug-likeness (QED) is 0.787. The van der Waals surface area contributed by atoms with Gasteiger partial charge in [-0.25, -0.2) is 18.9 Å². The van der Waals surface area contributed by atoms with Crippen LogP contribution in [0.5, 0.6) is 0 Å². The van der Waals surface area contributed by atoms with E-state index < -0.39 is 0 Å². The highest BCUT2D eigenvalue weighted by molar-refractivity contribution is 5.91. The molecular weight excluding hydrogens is 306 g/mol. The number of nitrogens with one attached hydrogen (secondary N) is 1. The van der Waals surface area contributed by atoms with Gasteiger partial charge in [-0.2, -0.15) is 0 Å². The van der Waals surface area contributed by atoms with Gasteiger partial charge in [-0.15, -0.1) is 5.10 Å². The van der Waals surface area contributed by atoms with Gasteiger partial charge in [0.2, 0.25) is 5.91 Å². The number of amides is 1. The van der Waals surface area contributed by atoms with Crippen molar-refractivity contribution in [3.8, 4) is 0 Å². The van der Waals surface area contributed by atoms with Crippen molar-refractivity contribution in [2.45, 2.75) is 45.2 Å². The lowest BCUT2D eigenvalue weighted by atomic mass is 10.2. The summed E-state index contributed by atoms with van der Waals surface area (Å²) in [5.74, 6) is 0.543. The Bertz CT molecular complexity index is 997. The summed E-state index contributed by atoms with van der Waals surface area (Å²) in [7, 11) is 0. The first-order valence-corrected chi connectivity index (χ1v) is 8.22. The van der Waals surface area contributed by atoms with Crippen LogP contribution >= 0.6 is 0 Å². The molecule has 2 heterocycles. The van der Waals surface area contributed by atoms with Crippen LogP contribution < -0.4 is 11.0 Å². The number of carbonyl (C=O) groups excluding carboxylic acids is 1. The second-order valence-corrected chi connectivity index (χ2v) is 6.58. The molecule has 7 nitrogen and oxygen atoms in total. The molecule has 2 aromatic heterocycles. The summed E-state index contributed by atoms with van der Waals surface area (Å²) in [5.41, 5.74) is 1.03. The van der Waals surface area contributed by atoms with Gasteiger partial charge in [0.05, 0.1) is 5.52 Å². The van der Waals surface area contributed by atoms with Crippen LogP contribution in [0.1, 0.15) is 38.4 Å². The fourth-order valence-electron chi connectivity index (χ4n) is 2.85. The minimum absolute atomic E-state index is 0.0627. The minimum atomic E-state index is -0.321. The SMILES string of the molecule is CC(C)c1nc2ccccc2c2nn(CC(=O)NC3CC3)c(=O)n12. The smallest absolute Gasteiger partial charge is 0.352 e. The normalized spacial score (nSPS) is 14.6. The fourth-order valence-corrected chi connectivity index (χ4v) is 2.85. The molecule has 0 spiro atoms. The third-order valence-electron chi connectivity index (χ3n) is 4.20. The molecule has 0 bridgehead atoms. The average Bonchev–Trinajstić information content (AvgIpc) is 3.30. The zero-order valence-corrected chi connectivity index (χ0v) is 13.7. The van der Waals surface area contributed by atoms with E-state index in [9.17, 15) is 9.59 Å². The molecule has 4 rings (SSSR count). The molecule has 0 unspecified atom stereocenters. The number of carbonyl (C=O) groups is 1. The van der Waals surface area contributed by atoms with E-state index in [-0.39, 0.29) is 30.1 Å². The first-order chi connectivity index (χ1) is 11.5. The molecule has 1 aromatic carbocycles. The zero-order valence-electron chi connectivity index (χ0n) is 13.7. The van der Waals surface area contributed by atoms with Crippen molar-refractivity contribution >= 4 is 22.5 Å². The van der Waals surface area contributed by atoms with Gasteiger partial charge in [0, 0.05) is 17.3 Å². The van der Waals surface area contributed by atoms with Crippen LogP contribution in [0, 0.1) is 0 Å². The molecule has 0 saturated heterocycles. The third-order valence-corrected chi connectivity index (χ3v) is 4.20. The summed E-state index contributed by atoms with van der Waals surface area (Å²) in [6.45, 7) is 3.91. The van der Waals surface area contributed by atoms with E-state index in [1.54, 1.807) is 0 Å². The Hall–Kier alpha value is -2.70. The van der Waals surface area contributed by atoms with Crippen molar-refractivity contribution in [1.82, 2.24) is 24.5 Å². The highest BCUT2D eigenvalue weighted by atomic mass is 16.2. The third kappa shape index (κ3) is 2.46. The Labute approximate surface area is 138 Å². The van der Waals surface area contributed by atoms with Crippen LogP contribution in [-0.4, -0.2) is 31.1 Å². The molecular formula is C17H19N5O2. The lowest BCUT2D eigenvalue weighted by molar-refractivity contribution is -0.122. The van der Waals surface area contributed by atoms with E-state index in [1.165, 1.54) is 9.08 Å². The number of nitrogens with zero attached hydrogens (tertiary/aromatic N) is 4. The maximum absolute atomic E-state index is 12.8. The summed E-state index contributed by atoms with van der Waals surface area (Å²) < 4.78 is 2.75. The van der Waals surface area contributed by atoms with Gasteiger partial charge in [0.15, 0.2) is 5.65 Å². The maximum atomic E-state index is 12.8. The molecule has 124 valence electrons. The molecule has 0 aliphatic heterocycles. The van der Waals surface area contributed by atoms with Crippen molar-refractivity contribution in [3.05, 3.63) is 40.6 Å². The van der Waals surface area contributed by atoms with Gasteiger partial charge < -0.3 is 5.32 Å². The second kappa shape index (κ2) is 5.43. The zero-order chi connectivity index (χ0) is 16.8. The van der Waals surface area contributed by atoms with Crippen LogP contribution in [0.3, 0.4) is 0 Å². The number of hydrogen-bond donors (Lipinski definition) is 1. The van der Waals surface area contributed by atoms with E-state index in [0.29, 0.717) is 11.5 Å². The van der Waals surface area contributed by atoms with Gasteiger partial charge in [0.1, 0.15) is 12.4 Å². The number of benzene rings is 1. The monoisotopic (exact) mass is 325 g/mol. The molecule has 0 radical (unpaired) electrons. The predicted molar refractivity (Wildman–Crippen MR) is 90.0 cm³/mol. The number of hydrogen-bond acceptors (Lipinski definition) is 4. The van der Waals surface area contributed by atoms with Crippen LogP contribution in [-0.2, 0) is 11.3 Å². The molecule has 3 aromatic rings. The van der Waals surface area contributed by atoms with Crippen molar-refractivity contribution in [2.75, 3.05) is 0 Å². The molecule has 24 heavy (non-hydrogen) atoms. The average molecular weight is 325 g/mol. The molecule has 0 atom stereocenters. The molecule has 1 saturated carbocycles. The van der Waals surface area contributed by atoms with Crippen molar-refractivity contribution in [2.24, 2.45) is 0 Å². The summed E-state index contributed by atoms with van der Waals surface area (Å²) >= 11 is 0. The topological polar surface area (TPSA) is 81.3 Å². The van der Waals surface area contributed by atoms with Gasteiger partial charge in [0.25, 0.3) is 0 Å². The maximum Gasteiger partial charge on any atom is 0.352 e. The molecule has 1 amide bonds. The molecule has 1 aliphatic rings. The Morgan fingerprint density at radius 1 is 1.33 bits per heavy atom. The van der Waals surface area contributed by atoms with Gasteiger partial charge >= 0.3 is 5.69 Å². The van der Waals surface area contributed by atoms with Crippen LogP contribution in [0.25, 0.3) is 16.6 Å². The van der Waals surface area contributed by atoms with E-state index in [0.717, 1.165) is 23.7 Å². The Balaban J connectivity index is 1.89. The largest absolute Gasteiger partial charge is 0.352 e. The molecule has 1 fully saturated rings. The van der Waals surface area contributed by atoms with E-state index in [1.807, 2.05) is 38.1 Å². The second-order valence-electron chi connectivity index (χ2n) is 6.58. The summed E-state index contributed by atoms with van der Waals surface area (Å²) in [6.07, 6.45) is 2.02. The number of para-hydroxylation sites is 1. The van der Waals surface area contributed by atoms with Gasteiger partial charge in [-0.05, 0) is 25.0 Å². The first-order valence-electron chi connectivity index (χ1n) is 8.22. The van der Waals surface area contributed by atoms with Crippen molar-refractivity contribution < 1.29 is 4.79 Å². The summed E-state index contributed by atoms with van der Waals surface area (Å²) in [5, 5.41) is 8.11. The van der Waals surface area contributed by atoms with Gasteiger partial charge in [-0.1, -0.05) is 26.0 Å². The summed E-state index contributed by atoms with van der Waals surface area (Å²) in [4.78, 5) is 29.4. The Morgan fingerprint density at radius 3 is 2.79 bits per heavy atom. The highest BCUT2D eigenvalue weighted by Crippen LogP contribution is 2.21. The lowest BCUT2D eigenvalue weighted by Gasteiger charge is -2.08. The predicted octanol–water partition coefficient (Wildman–Crippen LogP) is 1.45. The number of fused-ring (bicyclic) bond motifs is 3.